The molecule has 0 spiro atoms. The first kappa shape index (κ1) is 19.4. The minimum atomic E-state index is -4.17. The smallest absolute Gasteiger partial charge is 0.340 e. The second-order valence-corrected chi connectivity index (χ2v) is 8.02. The van der Waals surface area contributed by atoms with E-state index in [1.54, 1.807) is 36.1 Å². The Bertz CT molecular complexity index is 942. The molecule has 0 N–H and O–H groups in total. The normalized spacial score (nSPS) is 14.9. The summed E-state index contributed by atoms with van der Waals surface area (Å²) in [6.07, 6.45) is 0. The molecule has 6 nitrogen and oxygen atoms in total. The molecule has 0 unspecified atom stereocenters. The fourth-order valence-electron chi connectivity index (χ4n) is 2.84. The first-order valence-corrected chi connectivity index (χ1v) is 10.0. The second-order valence-electron chi connectivity index (χ2n) is 6.10. The van der Waals surface area contributed by atoms with Crippen LogP contribution in [-0.2, 0) is 14.9 Å². The van der Waals surface area contributed by atoms with E-state index in [2.05, 4.69) is 4.90 Å². The molecule has 0 aliphatic carbocycles. The van der Waals surface area contributed by atoms with Crippen molar-refractivity contribution in [2.24, 2.45) is 0 Å². The number of carbonyl (C=O) groups is 1. The Kier molecular flexibility index (Phi) is 5.57. The van der Waals surface area contributed by atoms with E-state index in [1.807, 2.05) is 0 Å². The third-order valence-electron chi connectivity index (χ3n) is 4.30. The van der Waals surface area contributed by atoms with Gasteiger partial charge in [-0.15, -0.1) is 0 Å². The van der Waals surface area contributed by atoms with Gasteiger partial charge in [0.15, 0.2) is 0 Å². The summed E-state index contributed by atoms with van der Waals surface area (Å²) in [5.41, 5.74) is 0.905. The van der Waals surface area contributed by atoms with Crippen LogP contribution >= 0.6 is 11.6 Å². The minimum Gasteiger partial charge on any atom is -0.379 e. The monoisotopic (exact) mass is 412 g/mol. The third kappa shape index (κ3) is 4.51. The number of anilines is 1. The summed E-state index contributed by atoms with van der Waals surface area (Å²) in [5.74, 6) is -0.447. The average Bonchev–Trinajstić information content (AvgIpc) is 2.62. The largest absolute Gasteiger partial charge is 0.379 e. The molecule has 1 heterocycles. The molecule has 3 rings (SSSR count). The maximum Gasteiger partial charge on any atom is 0.340 e. The Hall–Kier alpha value is -2.32. The first-order valence-electron chi connectivity index (χ1n) is 8.26. The van der Waals surface area contributed by atoms with E-state index in [1.165, 1.54) is 0 Å². The van der Waals surface area contributed by atoms with Crippen LogP contribution in [-0.4, -0.2) is 45.4 Å². The van der Waals surface area contributed by atoms with Gasteiger partial charge in [0.25, 0.3) is 0 Å². The average molecular weight is 413 g/mol. The number of carbonyl (C=O) groups excluding carboxylic acids is 1. The molecule has 1 aliphatic heterocycles. The Morgan fingerprint density at radius 2 is 1.70 bits per heavy atom. The van der Waals surface area contributed by atoms with Crippen LogP contribution in [0.5, 0.6) is 5.75 Å². The molecule has 1 saturated heterocycles. The molecule has 0 atom stereocenters. The van der Waals surface area contributed by atoms with E-state index in [9.17, 15) is 17.6 Å². The number of piperazine rings is 1. The number of rotatable bonds is 4. The van der Waals surface area contributed by atoms with Crippen LogP contribution in [0, 0.1) is 5.82 Å². The van der Waals surface area contributed by atoms with Crippen LogP contribution in [0.4, 0.5) is 10.1 Å². The number of halogens is 2. The van der Waals surface area contributed by atoms with Crippen molar-refractivity contribution in [1.29, 1.82) is 0 Å². The lowest BCUT2D eigenvalue weighted by Crippen LogP contribution is -2.48. The quantitative estimate of drug-likeness (QED) is 0.722. The van der Waals surface area contributed by atoms with Gasteiger partial charge in [-0.3, -0.25) is 4.79 Å². The number of hydrogen-bond donors (Lipinski definition) is 0. The molecule has 27 heavy (non-hydrogen) atoms. The summed E-state index contributed by atoms with van der Waals surface area (Å²) in [6, 6.07) is 9.58. The fourth-order valence-corrected chi connectivity index (χ4v) is 4.28. The van der Waals surface area contributed by atoms with Gasteiger partial charge in [-0.05, 0) is 42.5 Å². The van der Waals surface area contributed by atoms with Gasteiger partial charge < -0.3 is 14.0 Å². The molecule has 2 aromatic carbocycles. The number of benzene rings is 2. The zero-order valence-electron chi connectivity index (χ0n) is 14.6. The number of hydrogen-bond acceptors (Lipinski definition) is 5. The highest BCUT2D eigenvalue weighted by molar-refractivity contribution is 7.87. The fraction of sp³-hybridized carbons (Fsp3) is 0.278. The van der Waals surface area contributed by atoms with Gasteiger partial charge in [-0.2, -0.15) is 8.42 Å². The third-order valence-corrected chi connectivity index (χ3v) is 6.03. The Balaban J connectivity index is 1.70. The zero-order valence-corrected chi connectivity index (χ0v) is 16.1. The summed E-state index contributed by atoms with van der Waals surface area (Å²) in [7, 11) is -4.17. The Morgan fingerprint density at radius 3 is 2.26 bits per heavy atom. The van der Waals surface area contributed by atoms with Crippen LogP contribution in [0.15, 0.2) is 47.4 Å². The van der Waals surface area contributed by atoms with E-state index < -0.39 is 15.9 Å². The molecule has 1 fully saturated rings. The van der Waals surface area contributed by atoms with Gasteiger partial charge >= 0.3 is 10.1 Å². The highest BCUT2D eigenvalue weighted by Gasteiger charge is 2.22. The molecule has 144 valence electrons. The van der Waals surface area contributed by atoms with E-state index in [4.69, 9.17) is 15.8 Å². The van der Waals surface area contributed by atoms with Crippen molar-refractivity contribution in [3.05, 3.63) is 53.3 Å². The lowest BCUT2D eigenvalue weighted by molar-refractivity contribution is -0.129. The minimum absolute atomic E-state index is 0.0584. The summed E-state index contributed by atoms with van der Waals surface area (Å²) in [4.78, 5) is 15.0. The van der Waals surface area contributed by atoms with Crippen LogP contribution in [0.25, 0.3) is 0 Å². The van der Waals surface area contributed by atoms with Crippen molar-refractivity contribution >= 4 is 33.3 Å². The van der Waals surface area contributed by atoms with Gasteiger partial charge in [-0.1, -0.05) is 11.6 Å². The summed E-state index contributed by atoms with van der Waals surface area (Å²) in [5, 5.41) is -0.241. The van der Waals surface area contributed by atoms with Crippen molar-refractivity contribution in [3.8, 4) is 5.75 Å². The number of amides is 1. The molecule has 2 aromatic rings. The molecule has 9 heteroatoms. The highest BCUT2D eigenvalue weighted by Crippen LogP contribution is 2.27. The van der Waals surface area contributed by atoms with Gasteiger partial charge in [0.2, 0.25) is 5.91 Å². The van der Waals surface area contributed by atoms with Gasteiger partial charge in [0, 0.05) is 38.8 Å². The lowest BCUT2D eigenvalue weighted by Gasteiger charge is -2.35. The molecular weight excluding hydrogens is 395 g/mol. The second kappa shape index (κ2) is 7.74. The maximum absolute atomic E-state index is 13.1. The molecule has 0 saturated carbocycles. The molecule has 1 aliphatic rings. The predicted octanol–water partition coefficient (Wildman–Crippen LogP) is 2.92. The van der Waals surface area contributed by atoms with Crippen molar-refractivity contribution in [2.45, 2.75) is 11.8 Å². The van der Waals surface area contributed by atoms with Crippen molar-refractivity contribution < 1.29 is 21.8 Å². The maximum atomic E-state index is 13.1. The summed E-state index contributed by atoms with van der Waals surface area (Å²) >= 11 is 5.81. The van der Waals surface area contributed by atoms with E-state index >= 15 is 0 Å². The van der Waals surface area contributed by atoms with Gasteiger partial charge in [0.1, 0.15) is 16.5 Å². The Morgan fingerprint density at radius 1 is 1.07 bits per heavy atom. The van der Waals surface area contributed by atoms with Crippen LogP contribution < -0.4 is 9.08 Å². The SMILES string of the molecule is CC(=O)N1CCN(c2ccc(OS(=O)(=O)c3ccc(F)cc3Cl)cc2)CC1. The molecule has 0 radical (unpaired) electrons. The molecular formula is C18H18ClFN2O4S. The molecule has 0 aromatic heterocycles. The molecule has 0 bridgehead atoms. The zero-order chi connectivity index (χ0) is 19.6. The number of nitrogens with zero attached hydrogens (tertiary/aromatic N) is 2. The standard InChI is InChI=1S/C18H18ClFN2O4S/c1-13(23)21-8-10-22(11-9-21)15-3-5-16(6-4-15)26-27(24,25)18-7-2-14(20)12-17(18)19/h2-7,12H,8-11H2,1H3. The molecule has 1 amide bonds. The summed E-state index contributed by atoms with van der Waals surface area (Å²) < 4.78 is 42.9. The van der Waals surface area contributed by atoms with E-state index in [0.717, 1.165) is 23.9 Å². The van der Waals surface area contributed by atoms with Crippen LogP contribution in [0.2, 0.25) is 5.02 Å². The van der Waals surface area contributed by atoms with E-state index in [0.29, 0.717) is 26.2 Å². The van der Waals surface area contributed by atoms with Gasteiger partial charge in [0.05, 0.1) is 5.02 Å². The first-order chi connectivity index (χ1) is 12.8. The van der Waals surface area contributed by atoms with Crippen molar-refractivity contribution in [1.82, 2.24) is 4.90 Å². The van der Waals surface area contributed by atoms with Crippen LogP contribution in [0.1, 0.15) is 6.92 Å². The highest BCUT2D eigenvalue weighted by atomic mass is 35.5. The van der Waals surface area contributed by atoms with Crippen LogP contribution in [0.3, 0.4) is 0 Å². The van der Waals surface area contributed by atoms with Crippen molar-refractivity contribution in [3.63, 3.8) is 0 Å². The topological polar surface area (TPSA) is 66.9 Å². The van der Waals surface area contributed by atoms with Gasteiger partial charge in [-0.25, -0.2) is 4.39 Å². The summed E-state index contributed by atoms with van der Waals surface area (Å²) in [6.45, 7) is 4.23. The van der Waals surface area contributed by atoms with Crippen molar-refractivity contribution in [2.75, 3.05) is 31.1 Å². The van der Waals surface area contributed by atoms with E-state index in [-0.39, 0.29) is 21.6 Å². The lowest BCUT2D eigenvalue weighted by atomic mass is 10.2. The predicted molar refractivity (Wildman–Crippen MR) is 100 cm³/mol. The Labute approximate surface area is 162 Å².